The number of nitrogens with one attached hydrogen (secondary N) is 2. The van der Waals surface area contributed by atoms with E-state index in [-0.39, 0.29) is 16.6 Å². The third-order valence-electron chi connectivity index (χ3n) is 6.73. The summed E-state index contributed by atoms with van der Waals surface area (Å²) in [5.41, 5.74) is 3.41. The molecule has 0 radical (unpaired) electrons. The fraction of sp³-hybridized carbons (Fsp3) is 0.462. The van der Waals surface area contributed by atoms with Gasteiger partial charge in [-0.3, -0.25) is 14.5 Å². The molecule has 2 aromatic carbocycles. The van der Waals surface area contributed by atoms with Crippen LogP contribution in [0.3, 0.4) is 0 Å². The predicted octanol–water partition coefficient (Wildman–Crippen LogP) is 3.37. The second kappa shape index (κ2) is 10.8. The highest BCUT2D eigenvalue weighted by atomic mass is 32.2. The molecule has 0 spiro atoms. The zero-order valence-corrected chi connectivity index (χ0v) is 21.6. The molecule has 1 atom stereocenters. The minimum atomic E-state index is -3.65. The van der Waals surface area contributed by atoms with Gasteiger partial charge in [0.25, 0.3) is 10.0 Å². The van der Waals surface area contributed by atoms with Crippen LogP contribution in [0, 0.1) is 6.92 Å². The maximum atomic E-state index is 13.3. The highest BCUT2D eigenvalue weighted by molar-refractivity contribution is 7.90. The number of carbonyl (C=O) groups excluding carboxylic acids is 1. The van der Waals surface area contributed by atoms with Crippen LogP contribution in [0.2, 0.25) is 0 Å². The quantitative estimate of drug-likeness (QED) is 0.583. The summed E-state index contributed by atoms with van der Waals surface area (Å²) < 4.78 is 27.4. The number of unbranched alkanes of at least 4 members (excludes halogenated alkanes) is 1. The molecule has 2 aromatic rings. The number of hydrogen-bond acceptors (Lipinski definition) is 6. The van der Waals surface area contributed by atoms with Gasteiger partial charge in [0.1, 0.15) is 11.9 Å². The van der Waals surface area contributed by atoms with E-state index in [9.17, 15) is 13.2 Å². The van der Waals surface area contributed by atoms with E-state index in [1.807, 2.05) is 13.0 Å². The number of sulfonamides is 1. The van der Waals surface area contributed by atoms with Crippen molar-refractivity contribution in [3.05, 3.63) is 53.6 Å². The minimum Gasteiger partial charge on any atom is -0.369 e. The van der Waals surface area contributed by atoms with Gasteiger partial charge in [0.2, 0.25) is 5.91 Å². The lowest BCUT2D eigenvalue weighted by molar-refractivity contribution is -0.117. The number of piperazine rings is 1. The van der Waals surface area contributed by atoms with Crippen molar-refractivity contribution >= 4 is 33.1 Å². The first-order chi connectivity index (χ1) is 16.8. The van der Waals surface area contributed by atoms with E-state index in [1.165, 1.54) is 0 Å². The molecule has 9 heteroatoms. The average Bonchev–Trinajstić information content (AvgIpc) is 3.12. The molecule has 188 valence electrons. The van der Waals surface area contributed by atoms with Gasteiger partial charge in [0.15, 0.2) is 0 Å². The summed E-state index contributed by atoms with van der Waals surface area (Å²) in [6.07, 6.45) is 2.26. The Labute approximate surface area is 208 Å². The number of rotatable bonds is 8. The Morgan fingerprint density at radius 2 is 1.86 bits per heavy atom. The Morgan fingerprint density at radius 1 is 1.11 bits per heavy atom. The van der Waals surface area contributed by atoms with Crippen molar-refractivity contribution in [3.8, 4) is 0 Å². The van der Waals surface area contributed by atoms with Crippen molar-refractivity contribution in [3.63, 3.8) is 0 Å². The van der Waals surface area contributed by atoms with E-state index in [0.717, 1.165) is 62.5 Å². The molecule has 35 heavy (non-hydrogen) atoms. The maximum absolute atomic E-state index is 13.3. The fourth-order valence-electron chi connectivity index (χ4n) is 4.56. The lowest BCUT2D eigenvalue weighted by Gasteiger charge is -2.35. The smallest absolute Gasteiger partial charge is 0.263 e. The Bertz CT molecular complexity index is 1200. The van der Waals surface area contributed by atoms with Gasteiger partial charge >= 0.3 is 0 Å². The number of anilines is 2. The number of nitrogens with zero attached hydrogens (tertiary/aromatic N) is 3. The summed E-state index contributed by atoms with van der Waals surface area (Å²) in [5.74, 6) is -0.00270. The first kappa shape index (κ1) is 25.2. The molecule has 2 N–H and O–H groups in total. The molecule has 1 fully saturated rings. The Morgan fingerprint density at radius 3 is 2.54 bits per heavy atom. The molecule has 8 nitrogen and oxygen atoms in total. The van der Waals surface area contributed by atoms with Crippen molar-refractivity contribution in [2.75, 3.05) is 42.9 Å². The Hall–Kier alpha value is -2.91. The zero-order chi connectivity index (χ0) is 25.0. The van der Waals surface area contributed by atoms with Crippen LogP contribution in [0.15, 0.2) is 52.4 Å². The van der Waals surface area contributed by atoms with Crippen LogP contribution in [0.4, 0.5) is 11.4 Å². The van der Waals surface area contributed by atoms with Crippen LogP contribution in [0.25, 0.3) is 0 Å². The van der Waals surface area contributed by atoms with Gasteiger partial charge < -0.3 is 15.1 Å². The predicted molar refractivity (Wildman–Crippen MR) is 141 cm³/mol. The second-order valence-corrected chi connectivity index (χ2v) is 10.8. The van der Waals surface area contributed by atoms with E-state index in [4.69, 9.17) is 0 Å². The van der Waals surface area contributed by atoms with Crippen LogP contribution >= 0.6 is 0 Å². The molecule has 4 rings (SSSR count). The highest BCUT2D eigenvalue weighted by Crippen LogP contribution is 2.26. The first-order valence-electron chi connectivity index (χ1n) is 12.4. The minimum absolute atomic E-state index is 0.194. The average molecular weight is 498 g/mol. The van der Waals surface area contributed by atoms with Gasteiger partial charge in [-0.05, 0) is 55.8 Å². The van der Waals surface area contributed by atoms with Crippen LogP contribution in [-0.4, -0.2) is 63.8 Å². The molecule has 1 amide bonds. The lowest BCUT2D eigenvalue weighted by Crippen LogP contribution is -2.46. The van der Waals surface area contributed by atoms with E-state index in [0.29, 0.717) is 12.0 Å². The number of fused-ring (bicyclic) bond motifs is 1. The molecular weight excluding hydrogens is 462 g/mol. The number of likely N-dealkylation sites (N-methyl/N-ethyl adjacent to an activating group) is 1. The van der Waals surface area contributed by atoms with Gasteiger partial charge in [-0.15, -0.1) is 0 Å². The SMILES string of the molecule is CCCCC(N=C1NS(=O)(=O)c2ccccc21)C(=O)Nc1ccc(N2CCN(CC)CC2)cc1C. The van der Waals surface area contributed by atoms with Crippen LogP contribution in [0.1, 0.15) is 44.2 Å². The molecule has 1 unspecified atom stereocenters. The van der Waals surface area contributed by atoms with Gasteiger partial charge in [0, 0.05) is 43.1 Å². The Kier molecular flexibility index (Phi) is 7.76. The second-order valence-electron chi connectivity index (χ2n) is 9.15. The van der Waals surface area contributed by atoms with E-state index in [1.54, 1.807) is 24.3 Å². The van der Waals surface area contributed by atoms with Crippen molar-refractivity contribution in [2.45, 2.75) is 51.0 Å². The highest BCUT2D eigenvalue weighted by Gasteiger charge is 2.32. The van der Waals surface area contributed by atoms with Gasteiger partial charge in [0.05, 0.1) is 4.90 Å². The van der Waals surface area contributed by atoms with Crippen molar-refractivity contribution < 1.29 is 13.2 Å². The monoisotopic (exact) mass is 497 g/mol. The third kappa shape index (κ3) is 5.67. The standard InChI is InChI=1S/C26H35N5O3S/c1-4-6-10-23(27-25-21-9-7-8-11-24(21)35(33,34)29-25)26(32)28-22-13-12-20(18-19(22)3)31-16-14-30(5-2)15-17-31/h7-9,11-13,18,23H,4-6,10,14-17H2,1-3H3,(H,27,29)(H,28,32). The first-order valence-corrected chi connectivity index (χ1v) is 13.9. The maximum Gasteiger partial charge on any atom is 0.263 e. The van der Waals surface area contributed by atoms with Crippen molar-refractivity contribution in [2.24, 2.45) is 4.99 Å². The topological polar surface area (TPSA) is 94.1 Å². The number of benzene rings is 2. The van der Waals surface area contributed by atoms with E-state index in [2.05, 4.69) is 50.8 Å². The lowest BCUT2D eigenvalue weighted by atomic mass is 10.1. The number of aliphatic imine (C=N–C) groups is 1. The van der Waals surface area contributed by atoms with Crippen LogP contribution < -0.4 is 14.9 Å². The molecule has 2 heterocycles. The third-order valence-corrected chi connectivity index (χ3v) is 8.13. The molecular formula is C26H35N5O3S. The largest absolute Gasteiger partial charge is 0.369 e. The fourth-order valence-corrected chi connectivity index (χ4v) is 5.80. The van der Waals surface area contributed by atoms with Gasteiger partial charge in [-0.25, -0.2) is 8.42 Å². The summed E-state index contributed by atoms with van der Waals surface area (Å²) in [6, 6.07) is 12.1. The van der Waals surface area contributed by atoms with Gasteiger partial charge in [-0.1, -0.05) is 38.8 Å². The number of amides is 1. The summed E-state index contributed by atoms with van der Waals surface area (Å²) in [4.78, 5) is 22.9. The van der Waals surface area contributed by atoms with Crippen molar-refractivity contribution in [1.82, 2.24) is 9.62 Å². The molecule has 2 aliphatic heterocycles. The Balaban J connectivity index is 1.51. The molecule has 0 aromatic heterocycles. The van der Waals surface area contributed by atoms with E-state index >= 15 is 0 Å². The number of hydrogen-bond donors (Lipinski definition) is 2. The summed E-state index contributed by atoms with van der Waals surface area (Å²) >= 11 is 0. The number of carbonyl (C=O) groups is 1. The molecule has 1 saturated heterocycles. The molecule has 0 saturated carbocycles. The van der Waals surface area contributed by atoms with Crippen molar-refractivity contribution in [1.29, 1.82) is 0 Å². The molecule has 2 aliphatic rings. The van der Waals surface area contributed by atoms with E-state index < -0.39 is 16.1 Å². The van der Waals surface area contributed by atoms with Gasteiger partial charge in [-0.2, -0.15) is 0 Å². The normalized spacial score (nSPS) is 19.3. The molecule has 0 bridgehead atoms. The number of amidine groups is 1. The zero-order valence-electron chi connectivity index (χ0n) is 20.8. The van der Waals surface area contributed by atoms with Crippen LogP contribution in [0.5, 0.6) is 0 Å². The van der Waals surface area contributed by atoms with Crippen LogP contribution in [-0.2, 0) is 14.8 Å². The molecule has 0 aliphatic carbocycles. The summed E-state index contributed by atoms with van der Waals surface area (Å²) in [7, 11) is -3.65. The number of aryl methyl sites for hydroxylation is 1. The summed E-state index contributed by atoms with van der Waals surface area (Å²) in [5, 5.41) is 3.03. The summed E-state index contributed by atoms with van der Waals surface area (Å²) in [6.45, 7) is 11.4.